The Morgan fingerprint density at radius 3 is 3.00 bits per heavy atom. The van der Waals surface area contributed by atoms with Crippen LogP contribution >= 0.6 is 0 Å². The largest absolute Gasteiger partial charge is 0.316 e. The van der Waals surface area contributed by atoms with E-state index in [1.54, 1.807) is 6.07 Å². The molecule has 1 rings (SSSR count). The van der Waals surface area contributed by atoms with Gasteiger partial charge in [-0.05, 0) is 24.7 Å². The van der Waals surface area contributed by atoms with Crippen molar-refractivity contribution >= 4 is 6.08 Å². The molecular weight excluding hydrogens is 153 g/mol. The van der Waals surface area contributed by atoms with E-state index < -0.39 is 0 Å². The second-order valence-electron chi connectivity index (χ2n) is 2.52. The minimum absolute atomic E-state index is 0.193. The Morgan fingerprint density at radius 1 is 1.50 bits per heavy atom. The quantitative estimate of drug-likeness (QED) is 0.722. The Labute approximate surface area is 71.9 Å². The highest BCUT2D eigenvalue weighted by Crippen LogP contribution is 2.04. The first-order chi connectivity index (χ1) is 5.83. The fraction of sp³-hybridized carbons (Fsp3) is 0.200. The van der Waals surface area contributed by atoms with Gasteiger partial charge < -0.3 is 5.32 Å². The summed E-state index contributed by atoms with van der Waals surface area (Å²) in [6.07, 6.45) is 3.84. The molecule has 0 aliphatic heterocycles. The van der Waals surface area contributed by atoms with Crippen LogP contribution in [0, 0.1) is 5.82 Å². The topological polar surface area (TPSA) is 12.0 Å². The van der Waals surface area contributed by atoms with Gasteiger partial charge in [0.15, 0.2) is 0 Å². The van der Waals surface area contributed by atoms with Crippen LogP contribution in [-0.2, 0) is 0 Å². The molecule has 0 saturated heterocycles. The fourth-order valence-electron chi connectivity index (χ4n) is 0.923. The minimum Gasteiger partial charge on any atom is -0.316 e. The lowest BCUT2D eigenvalue weighted by Gasteiger charge is -1.92. The van der Waals surface area contributed by atoms with Crippen molar-refractivity contribution in [2.24, 2.45) is 0 Å². The third-order valence-corrected chi connectivity index (χ3v) is 1.48. The smallest absolute Gasteiger partial charge is 0.123 e. The molecule has 0 aliphatic carbocycles. The first-order valence-corrected chi connectivity index (χ1v) is 3.89. The molecule has 0 unspecified atom stereocenters. The number of hydrogen-bond donors (Lipinski definition) is 1. The molecule has 0 fully saturated rings. The monoisotopic (exact) mass is 165 g/mol. The van der Waals surface area contributed by atoms with Crippen molar-refractivity contribution in [3.8, 4) is 0 Å². The molecule has 12 heavy (non-hydrogen) atoms. The van der Waals surface area contributed by atoms with E-state index in [0.29, 0.717) is 0 Å². The summed E-state index contributed by atoms with van der Waals surface area (Å²) < 4.78 is 12.6. The first-order valence-electron chi connectivity index (χ1n) is 3.89. The summed E-state index contributed by atoms with van der Waals surface area (Å²) in [6, 6.07) is 6.52. The van der Waals surface area contributed by atoms with E-state index in [1.165, 1.54) is 12.1 Å². The molecule has 0 aliphatic rings. The number of hydrogen-bond acceptors (Lipinski definition) is 1. The van der Waals surface area contributed by atoms with Crippen molar-refractivity contribution < 1.29 is 4.39 Å². The molecule has 0 bridgehead atoms. The normalized spacial score (nSPS) is 10.8. The predicted octanol–water partition coefficient (Wildman–Crippen LogP) is 2.06. The molecule has 0 atom stereocenters. The zero-order valence-corrected chi connectivity index (χ0v) is 7.05. The van der Waals surface area contributed by atoms with Gasteiger partial charge in [0.1, 0.15) is 5.82 Å². The molecule has 0 amide bonds. The molecule has 1 nitrogen and oxygen atoms in total. The van der Waals surface area contributed by atoms with Crippen molar-refractivity contribution in [1.82, 2.24) is 5.32 Å². The first kappa shape index (κ1) is 8.94. The lowest BCUT2D eigenvalue weighted by molar-refractivity contribution is 0.627. The summed E-state index contributed by atoms with van der Waals surface area (Å²) in [7, 11) is 1.87. The van der Waals surface area contributed by atoms with Crippen molar-refractivity contribution in [2.45, 2.75) is 0 Å². The van der Waals surface area contributed by atoms with Crippen molar-refractivity contribution in [3.05, 3.63) is 41.7 Å². The van der Waals surface area contributed by atoms with Gasteiger partial charge in [0.2, 0.25) is 0 Å². The Balaban J connectivity index is 2.63. The van der Waals surface area contributed by atoms with E-state index in [0.717, 1.165) is 12.1 Å². The summed E-state index contributed by atoms with van der Waals surface area (Å²) in [5.74, 6) is -0.193. The molecule has 0 spiro atoms. The summed E-state index contributed by atoms with van der Waals surface area (Å²) >= 11 is 0. The summed E-state index contributed by atoms with van der Waals surface area (Å²) in [6.45, 7) is 0.802. The van der Waals surface area contributed by atoms with Gasteiger partial charge >= 0.3 is 0 Å². The van der Waals surface area contributed by atoms with E-state index >= 15 is 0 Å². The van der Waals surface area contributed by atoms with Gasteiger partial charge in [0.05, 0.1) is 0 Å². The van der Waals surface area contributed by atoms with Crippen LogP contribution in [0.3, 0.4) is 0 Å². The van der Waals surface area contributed by atoms with Gasteiger partial charge in [-0.2, -0.15) is 0 Å². The van der Waals surface area contributed by atoms with Gasteiger partial charge in [0, 0.05) is 6.54 Å². The number of rotatable bonds is 3. The van der Waals surface area contributed by atoms with Crippen LogP contribution < -0.4 is 5.32 Å². The third-order valence-electron chi connectivity index (χ3n) is 1.48. The van der Waals surface area contributed by atoms with Crippen LogP contribution in [0.5, 0.6) is 0 Å². The summed E-state index contributed by atoms with van der Waals surface area (Å²) in [5, 5.41) is 2.97. The Bertz CT molecular complexity index is 268. The zero-order valence-electron chi connectivity index (χ0n) is 7.05. The van der Waals surface area contributed by atoms with Crippen molar-refractivity contribution in [2.75, 3.05) is 13.6 Å². The Hall–Kier alpha value is -1.15. The Kier molecular flexibility index (Phi) is 3.48. The lowest BCUT2D eigenvalue weighted by atomic mass is 10.2. The van der Waals surface area contributed by atoms with Gasteiger partial charge in [-0.25, -0.2) is 4.39 Å². The minimum atomic E-state index is -0.193. The van der Waals surface area contributed by atoms with E-state index in [-0.39, 0.29) is 5.82 Å². The lowest BCUT2D eigenvalue weighted by Crippen LogP contribution is -2.03. The molecule has 0 aromatic heterocycles. The summed E-state index contributed by atoms with van der Waals surface area (Å²) in [4.78, 5) is 0. The molecule has 1 N–H and O–H groups in total. The SMILES string of the molecule is CNCC=Cc1cccc(F)c1. The maximum absolute atomic E-state index is 12.6. The number of likely N-dealkylation sites (N-methyl/N-ethyl adjacent to an activating group) is 1. The molecule has 64 valence electrons. The number of nitrogens with one attached hydrogen (secondary N) is 1. The van der Waals surface area contributed by atoms with Crippen molar-refractivity contribution in [1.29, 1.82) is 0 Å². The molecule has 1 aromatic rings. The van der Waals surface area contributed by atoms with Crippen LogP contribution in [0.25, 0.3) is 6.08 Å². The molecule has 0 radical (unpaired) electrons. The molecule has 0 heterocycles. The highest BCUT2D eigenvalue weighted by molar-refractivity contribution is 5.49. The number of benzene rings is 1. The van der Waals surface area contributed by atoms with Gasteiger partial charge in [-0.15, -0.1) is 0 Å². The maximum Gasteiger partial charge on any atom is 0.123 e. The Morgan fingerprint density at radius 2 is 2.33 bits per heavy atom. The van der Waals surface area contributed by atoms with Gasteiger partial charge in [-0.1, -0.05) is 24.3 Å². The number of halogens is 1. The van der Waals surface area contributed by atoms with Crippen LogP contribution in [0.4, 0.5) is 4.39 Å². The van der Waals surface area contributed by atoms with Gasteiger partial charge in [0.25, 0.3) is 0 Å². The molecular formula is C10H12FN. The highest BCUT2D eigenvalue weighted by Gasteiger charge is 1.88. The van der Waals surface area contributed by atoms with E-state index in [4.69, 9.17) is 0 Å². The van der Waals surface area contributed by atoms with E-state index in [2.05, 4.69) is 5.32 Å². The predicted molar refractivity (Wildman–Crippen MR) is 49.4 cm³/mol. The van der Waals surface area contributed by atoms with E-state index in [9.17, 15) is 4.39 Å². The van der Waals surface area contributed by atoms with Crippen LogP contribution in [-0.4, -0.2) is 13.6 Å². The third kappa shape index (κ3) is 2.84. The second-order valence-corrected chi connectivity index (χ2v) is 2.52. The second kappa shape index (κ2) is 4.67. The highest BCUT2D eigenvalue weighted by atomic mass is 19.1. The zero-order chi connectivity index (χ0) is 8.81. The van der Waals surface area contributed by atoms with Crippen LogP contribution in [0.1, 0.15) is 5.56 Å². The average molecular weight is 165 g/mol. The van der Waals surface area contributed by atoms with Gasteiger partial charge in [-0.3, -0.25) is 0 Å². The fourth-order valence-corrected chi connectivity index (χ4v) is 0.923. The van der Waals surface area contributed by atoms with Crippen molar-refractivity contribution in [3.63, 3.8) is 0 Å². The molecule has 2 heteroatoms. The van der Waals surface area contributed by atoms with Crippen LogP contribution in [0.15, 0.2) is 30.3 Å². The van der Waals surface area contributed by atoms with E-state index in [1.807, 2.05) is 25.3 Å². The molecule has 1 aromatic carbocycles. The standard InChI is InChI=1S/C10H12FN/c1-12-7-3-5-9-4-2-6-10(11)8-9/h2-6,8,12H,7H2,1H3. The average Bonchev–Trinajstić information content (AvgIpc) is 2.05. The van der Waals surface area contributed by atoms with Crippen LogP contribution in [0.2, 0.25) is 0 Å². The maximum atomic E-state index is 12.6. The molecule has 0 saturated carbocycles. The summed E-state index contributed by atoms with van der Waals surface area (Å²) in [5.41, 5.74) is 0.894.